The number of aromatic hydroxyl groups is 1. The van der Waals surface area contributed by atoms with Crippen molar-refractivity contribution in [3.05, 3.63) is 94.0 Å². The largest absolute Gasteiger partial charge is 0.508 e. The number of amides is 3. The number of rotatable bonds is 5. The zero-order valence-electron chi connectivity index (χ0n) is 20.2. The second-order valence-electron chi connectivity index (χ2n) is 10.1. The predicted molar refractivity (Wildman–Crippen MR) is 139 cm³/mol. The standard InChI is InChI=1S/C29H26ClN3O4/c1-16-13-20-25(21(30)14-16)31-28(37)29(20)24-23(22(32-29)15-18-7-9-19(34)10-8-18)26(35)33(27(24)36)12-11-17-5-3-2-4-6-17/h2-10,13-14,22-24,32,34H,11-12,15H2,1H3,(H,31,37)/t22-,23-,24+,29+/m1/s1. The van der Waals surface area contributed by atoms with Gasteiger partial charge in [-0.2, -0.15) is 0 Å². The Morgan fingerprint density at radius 1 is 0.973 bits per heavy atom. The monoisotopic (exact) mass is 515 g/mol. The van der Waals surface area contributed by atoms with Gasteiger partial charge in [0.1, 0.15) is 11.3 Å². The first-order valence-electron chi connectivity index (χ1n) is 12.4. The van der Waals surface area contributed by atoms with Crippen LogP contribution in [0.2, 0.25) is 5.02 Å². The highest BCUT2D eigenvalue weighted by Crippen LogP contribution is 2.54. The number of nitrogens with one attached hydrogen (secondary N) is 2. The number of halogens is 1. The Balaban J connectivity index is 1.42. The lowest BCUT2D eigenvalue weighted by atomic mass is 9.76. The van der Waals surface area contributed by atoms with Gasteiger partial charge in [0.15, 0.2) is 0 Å². The van der Waals surface area contributed by atoms with Crippen LogP contribution in [-0.4, -0.2) is 40.3 Å². The molecule has 4 atom stereocenters. The van der Waals surface area contributed by atoms with E-state index in [2.05, 4.69) is 10.6 Å². The molecule has 8 heteroatoms. The van der Waals surface area contributed by atoms with E-state index in [4.69, 9.17) is 11.6 Å². The Labute approximate surface area is 219 Å². The van der Waals surface area contributed by atoms with Crippen molar-refractivity contribution in [1.29, 1.82) is 0 Å². The zero-order chi connectivity index (χ0) is 25.9. The molecule has 3 aliphatic heterocycles. The molecule has 0 aromatic heterocycles. The van der Waals surface area contributed by atoms with Gasteiger partial charge in [0, 0.05) is 18.2 Å². The molecule has 3 amide bonds. The summed E-state index contributed by atoms with van der Waals surface area (Å²) in [7, 11) is 0. The first-order valence-corrected chi connectivity index (χ1v) is 12.7. The first kappa shape index (κ1) is 23.7. The average Bonchev–Trinajstić information content (AvgIpc) is 3.45. The molecule has 3 aromatic carbocycles. The van der Waals surface area contributed by atoms with Crippen LogP contribution in [-0.2, 0) is 32.8 Å². The summed E-state index contributed by atoms with van der Waals surface area (Å²) >= 11 is 6.51. The normalized spacial score (nSPS) is 26.1. The Morgan fingerprint density at radius 3 is 2.43 bits per heavy atom. The zero-order valence-corrected chi connectivity index (χ0v) is 21.0. The molecule has 0 saturated carbocycles. The molecule has 1 spiro atoms. The quantitative estimate of drug-likeness (QED) is 0.451. The van der Waals surface area contributed by atoms with Crippen molar-refractivity contribution in [2.45, 2.75) is 31.3 Å². The molecule has 188 valence electrons. The lowest BCUT2D eigenvalue weighted by Crippen LogP contribution is -2.53. The smallest absolute Gasteiger partial charge is 0.250 e. The third-order valence-electron chi connectivity index (χ3n) is 7.87. The van der Waals surface area contributed by atoms with E-state index < -0.39 is 23.4 Å². The number of likely N-dealkylation sites (tertiary alicyclic amines) is 1. The van der Waals surface area contributed by atoms with Crippen LogP contribution in [0, 0.1) is 18.8 Å². The molecular formula is C29H26ClN3O4. The minimum atomic E-state index is -1.40. The van der Waals surface area contributed by atoms with Gasteiger partial charge >= 0.3 is 0 Å². The number of imide groups is 1. The summed E-state index contributed by atoms with van der Waals surface area (Å²) in [5.74, 6) is -2.44. The summed E-state index contributed by atoms with van der Waals surface area (Å²) in [5, 5.41) is 16.4. The Kier molecular flexibility index (Phi) is 5.58. The molecule has 7 nitrogen and oxygen atoms in total. The van der Waals surface area contributed by atoms with Gasteiger partial charge in [-0.05, 0) is 54.7 Å². The highest BCUT2D eigenvalue weighted by molar-refractivity contribution is 6.35. The number of hydrogen-bond donors (Lipinski definition) is 3. The number of carbonyl (C=O) groups is 3. The van der Waals surface area contributed by atoms with Crippen LogP contribution >= 0.6 is 11.6 Å². The second-order valence-corrected chi connectivity index (χ2v) is 10.5. The molecule has 0 radical (unpaired) electrons. The number of aryl methyl sites for hydroxylation is 1. The molecule has 2 fully saturated rings. The van der Waals surface area contributed by atoms with Crippen LogP contribution in [0.25, 0.3) is 0 Å². The average molecular weight is 516 g/mol. The van der Waals surface area contributed by atoms with Crippen molar-refractivity contribution in [1.82, 2.24) is 10.2 Å². The molecule has 0 aliphatic carbocycles. The Hall–Kier alpha value is -3.68. The number of phenolic OH excluding ortho intramolecular Hbond substituents is 1. The fraction of sp³-hybridized carbons (Fsp3) is 0.276. The van der Waals surface area contributed by atoms with Crippen molar-refractivity contribution in [2.75, 3.05) is 11.9 Å². The number of anilines is 1. The molecule has 3 aliphatic rings. The maximum atomic E-state index is 14.0. The van der Waals surface area contributed by atoms with Crippen molar-refractivity contribution in [2.24, 2.45) is 11.8 Å². The van der Waals surface area contributed by atoms with Gasteiger partial charge in [-0.25, -0.2) is 0 Å². The summed E-state index contributed by atoms with van der Waals surface area (Å²) in [4.78, 5) is 42.8. The minimum Gasteiger partial charge on any atom is -0.508 e. The third-order valence-corrected chi connectivity index (χ3v) is 8.17. The van der Waals surface area contributed by atoms with Gasteiger partial charge in [-0.15, -0.1) is 0 Å². The van der Waals surface area contributed by atoms with E-state index in [9.17, 15) is 19.5 Å². The Bertz CT molecular complexity index is 1430. The predicted octanol–water partition coefficient (Wildman–Crippen LogP) is 3.56. The molecule has 3 aromatic rings. The van der Waals surface area contributed by atoms with Crippen LogP contribution in [0.5, 0.6) is 5.75 Å². The first-order chi connectivity index (χ1) is 17.8. The molecule has 2 saturated heterocycles. The van der Waals surface area contributed by atoms with Gasteiger partial charge < -0.3 is 10.4 Å². The molecule has 0 unspecified atom stereocenters. The summed E-state index contributed by atoms with van der Waals surface area (Å²) in [6, 6.07) is 19.6. The number of phenols is 1. The van der Waals surface area contributed by atoms with Crippen LogP contribution in [0.15, 0.2) is 66.7 Å². The maximum absolute atomic E-state index is 14.0. The molecular weight excluding hydrogens is 490 g/mol. The fourth-order valence-corrected chi connectivity index (χ4v) is 6.54. The van der Waals surface area contributed by atoms with Crippen LogP contribution in [0.1, 0.15) is 22.3 Å². The molecule has 3 N–H and O–H groups in total. The molecule has 6 rings (SSSR count). The van der Waals surface area contributed by atoms with Gasteiger partial charge in [0.2, 0.25) is 17.7 Å². The van der Waals surface area contributed by atoms with E-state index in [1.165, 1.54) is 4.90 Å². The van der Waals surface area contributed by atoms with Crippen LogP contribution < -0.4 is 10.6 Å². The molecule has 3 heterocycles. The number of nitrogens with zero attached hydrogens (tertiary/aromatic N) is 1. The summed E-state index contributed by atoms with van der Waals surface area (Å²) in [5.41, 5.74) is 2.46. The van der Waals surface area contributed by atoms with Gasteiger partial charge in [0.25, 0.3) is 0 Å². The minimum absolute atomic E-state index is 0.144. The second kappa shape index (κ2) is 8.71. The Morgan fingerprint density at radius 2 is 1.70 bits per heavy atom. The van der Waals surface area contributed by atoms with E-state index in [0.717, 1.165) is 16.7 Å². The summed E-state index contributed by atoms with van der Waals surface area (Å²) in [6.45, 7) is 2.14. The van der Waals surface area contributed by atoms with Crippen LogP contribution in [0.3, 0.4) is 0 Å². The van der Waals surface area contributed by atoms with E-state index >= 15 is 0 Å². The highest BCUT2D eigenvalue weighted by atomic mass is 35.5. The number of fused-ring (bicyclic) bond motifs is 4. The van der Waals surface area contributed by atoms with Gasteiger partial charge in [0.05, 0.1) is 22.5 Å². The lowest BCUT2D eigenvalue weighted by Gasteiger charge is -2.30. The topological polar surface area (TPSA) is 98.7 Å². The van der Waals surface area contributed by atoms with Crippen molar-refractivity contribution < 1.29 is 19.5 Å². The van der Waals surface area contributed by atoms with Crippen molar-refractivity contribution >= 4 is 35.0 Å². The van der Waals surface area contributed by atoms with E-state index in [1.807, 2.05) is 43.3 Å². The van der Waals surface area contributed by atoms with Crippen LogP contribution in [0.4, 0.5) is 5.69 Å². The third kappa shape index (κ3) is 3.64. The number of carbonyl (C=O) groups excluding carboxylic acids is 3. The molecule has 0 bridgehead atoms. The SMILES string of the molecule is Cc1cc(Cl)c2c(c1)[C@@]1(N[C@H](Cc3ccc(O)cc3)[C@H]3C(=O)N(CCc4ccccc4)C(=O)[C@H]31)C(=O)N2. The molecule has 37 heavy (non-hydrogen) atoms. The summed E-state index contributed by atoms with van der Waals surface area (Å²) < 4.78 is 0. The number of benzene rings is 3. The van der Waals surface area contributed by atoms with Gasteiger partial charge in [-0.3, -0.25) is 24.6 Å². The lowest BCUT2D eigenvalue weighted by molar-refractivity contribution is -0.142. The van der Waals surface area contributed by atoms with Gasteiger partial charge in [-0.1, -0.05) is 60.1 Å². The van der Waals surface area contributed by atoms with Crippen molar-refractivity contribution in [3.8, 4) is 5.75 Å². The van der Waals surface area contributed by atoms with E-state index in [1.54, 1.807) is 30.3 Å². The number of hydrogen-bond acceptors (Lipinski definition) is 5. The van der Waals surface area contributed by atoms with Crippen molar-refractivity contribution in [3.63, 3.8) is 0 Å². The maximum Gasteiger partial charge on any atom is 0.250 e. The summed E-state index contributed by atoms with van der Waals surface area (Å²) in [6.07, 6.45) is 0.950. The highest BCUT2D eigenvalue weighted by Gasteiger charge is 2.70. The van der Waals surface area contributed by atoms with E-state index in [0.29, 0.717) is 29.1 Å². The van der Waals surface area contributed by atoms with E-state index in [-0.39, 0.29) is 30.0 Å². The fourth-order valence-electron chi connectivity index (χ4n) is 6.22.